The van der Waals surface area contributed by atoms with Gasteiger partial charge in [0.2, 0.25) is 0 Å². The first-order valence-corrected chi connectivity index (χ1v) is 12.7. The molecule has 0 bridgehead atoms. The topological polar surface area (TPSA) is 90.6 Å². The monoisotopic (exact) mass is 501 g/mol. The molecule has 1 amide bonds. The highest BCUT2D eigenvalue weighted by molar-refractivity contribution is 8.26. The fourth-order valence-corrected chi connectivity index (χ4v) is 5.82. The zero-order valence-electron chi connectivity index (χ0n) is 18.8. The lowest BCUT2D eigenvalue weighted by atomic mass is 10.2. The van der Waals surface area contributed by atoms with E-state index in [2.05, 4.69) is 9.80 Å². The van der Waals surface area contributed by atoms with E-state index < -0.39 is 0 Å². The van der Waals surface area contributed by atoms with Gasteiger partial charge >= 0.3 is 0 Å². The van der Waals surface area contributed by atoms with E-state index in [1.54, 1.807) is 29.3 Å². The molecule has 3 fully saturated rings. The van der Waals surface area contributed by atoms with Crippen LogP contribution in [0, 0.1) is 0 Å². The molecular weight excluding hydrogens is 474 g/mol. The Hall–Kier alpha value is -2.31. The predicted molar refractivity (Wildman–Crippen MR) is 136 cm³/mol. The van der Waals surface area contributed by atoms with Crippen LogP contribution in [-0.2, 0) is 9.53 Å². The summed E-state index contributed by atoms with van der Waals surface area (Å²) in [5.41, 5.74) is 0.725. The molecule has 0 saturated carbocycles. The van der Waals surface area contributed by atoms with Gasteiger partial charge in [0.15, 0.2) is 0 Å². The summed E-state index contributed by atoms with van der Waals surface area (Å²) in [7, 11) is 0. The molecule has 1 N–H and O–H groups in total. The molecule has 11 heteroatoms. The van der Waals surface area contributed by atoms with Gasteiger partial charge in [-0.15, -0.1) is 0 Å². The lowest BCUT2D eigenvalue weighted by Crippen LogP contribution is -2.48. The number of nitrogens with zero attached hydrogens (tertiary/aromatic N) is 5. The largest absolute Gasteiger partial charge is 0.395 e. The Labute approximate surface area is 207 Å². The van der Waals surface area contributed by atoms with Crippen LogP contribution in [-0.4, -0.2) is 93.1 Å². The van der Waals surface area contributed by atoms with Crippen LogP contribution in [0.15, 0.2) is 34.1 Å². The van der Waals surface area contributed by atoms with E-state index in [4.69, 9.17) is 21.9 Å². The van der Waals surface area contributed by atoms with E-state index in [0.29, 0.717) is 59.0 Å². The van der Waals surface area contributed by atoms with Gasteiger partial charge in [0.05, 0.1) is 29.7 Å². The summed E-state index contributed by atoms with van der Waals surface area (Å²) in [4.78, 5) is 37.8. The van der Waals surface area contributed by atoms with Crippen molar-refractivity contribution in [3.63, 3.8) is 0 Å². The first-order chi connectivity index (χ1) is 16.5. The quantitative estimate of drug-likeness (QED) is 0.463. The Bertz CT molecular complexity index is 1190. The van der Waals surface area contributed by atoms with Gasteiger partial charge in [0.1, 0.15) is 15.8 Å². The van der Waals surface area contributed by atoms with Crippen LogP contribution in [0.2, 0.25) is 0 Å². The van der Waals surface area contributed by atoms with Gasteiger partial charge < -0.3 is 14.7 Å². The number of β-amino-alcohol motifs (C(OH)–C–C–N with tert-alkyl or cyclic N) is 1. The summed E-state index contributed by atoms with van der Waals surface area (Å²) in [6, 6.07) is 5.44. The number of ether oxygens (including phenoxy) is 1. The highest BCUT2D eigenvalue weighted by atomic mass is 32.2. The predicted octanol–water partition coefficient (Wildman–Crippen LogP) is 1.19. The number of thioether (sulfide) groups is 1. The number of pyridine rings is 1. The number of hydrogen-bond acceptors (Lipinski definition) is 9. The molecule has 3 aliphatic rings. The fraction of sp³-hybridized carbons (Fsp3) is 0.478. The second-order valence-electron chi connectivity index (χ2n) is 8.56. The second-order valence-corrected chi connectivity index (χ2v) is 10.2. The number of thiocarbonyl (C=S) groups is 1. The van der Waals surface area contributed by atoms with E-state index >= 15 is 0 Å². The lowest BCUT2D eigenvalue weighted by molar-refractivity contribution is -0.123. The van der Waals surface area contributed by atoms with Gasteiger partial charge in [0, 0.05) is 45.5 Å². The molecule has 2 aromatic heterocycles. The first kappa shape index (κ1) is 23.4. The molecule has 0 aromatic carbocycles. The average molecular weight is 502 g/mol. The standard InChI is InChI=1S/C23H27N5O4S2/c29-12-11-25-7-9-26(10-8-25)20-17(21(30)27-6-2-1-5-19(27)24-20)14-18-22(31)28(23(33)34-18)15-16-4-3-13-32-16/h1-2,5-6,14,16,29H,3-4,7-13,15H2/b18-14+/t16-/m0/s1. The zero-order valence-corrected chi connectivity index (χ0v) is 20.4. The summed E-state index contributed by atoms with van der Waals surface area (Å²) in [5.74, 6) is 0.381. The highest BCUT2D eigenvalue weighted by Crippen LogP contribution is 2.34. The third-order valence-corrected chi connectivity index (χ3v) is 7.77. The Kier molecular flexibility index (Phi) is 6.98. The molecule has 0 aliphatic carbocycles. The first-order valence-electron chi connectivity index (χ1n) is 11.5. The number of amides is 1. The van der Waals surface area contributed by atoms with Crippen LogP contribution in [0.4, 0.5) is 5.82 Å². The van der Waals surface area contributed by atoms with E-state index in [-0.39, 0.29) is 24.2 Å². The van der Waals surface area contributed by atoms with Crippen molar-refractivity contribution in [2.45, 2.75) is 18.9 Å². The van der Waals surface area contributed by atoms with Gasteiger partial charge in [-0.3, -0.25) is 23.8 Å². The Balaban J connectivity index is 1.49. The van der Waals surface area contributed by atoms with Gasteiger partial charge in [-0.05, 0) is 31.1 Å². The van der Waals surface area contributed by atoms with E-state index in [1.165, 1.54) is 16.2 Å². The van der Waals surface area contributed by atoms with E-state index in [9.17, 15) is 14.7 Å². The molecule has 5 rings (SSSR count). The van der Waals surface area contributed by atoms with Crippen LogP contribution < -0.4 is 10.5 Å². The van der Waals surface area contributed by atoms with Crippen LogP contribution in [0.25, 0.3) is 11.7 Å². The molecule has 0 unspecified atom stereocenters. The van der Waals surface area contributed by atoms with Gasteiger partial charge in [-0.1, -0.05) is 30.0 Å². The highest BCUT2D eigenvalue weighted by Gasteiger charge is 2.35. The van der Waals surface area contributed by atoms with E-state index in [1.807, 2.05) is 6.07 Å². The van der Waals surface area contributed by atoms with Crippen molar-refractivity contribution in [2.24, 2.45) is 0 Å². The molecule has 3 aliphatic heterocycles. The summed E-state index contributed by atoms with van der Waals surface area (Å²) in [6.45, 7) is 4.78. The maximum atomic E-state index is 13.5. The van der Waals surface area contributed by atoms with Crippen LogP contribution in [0.5, 0.6) is 0 Å². The molecule has 3 saturated heterocycles. The van der Waals surface area contributed by atoms with Gasteiger partial charge in [-0.2, -0.15) is 0 Å². The van der Waals surface area contributed by atoms with Gasteiger partial charge in [-0.25, -0.2) is 4.98 Å². The molecule has 34 heavy (non-hydrogen) atoms. The molecule has 5 heterocycles. The number of anilines is 1. The van der Waals surface area contributed by atoms with E-state index in [0.717, 1.165) is 25.9 Å². The molecule has 0 spiro atoms. The molecule has 2 aromatic rings. The zero-order chi connectivity index (χ0) is 23.7. The SMILES string of the molecule is O=C1/C(=C\c2c(N3CCN(CCO)CC3)nc3ccccn3c2=O)SC(=S)N1C[C@@H]1CCCO1. The summed E-state index contributed by atoms with van der Waals surface area (Å²) < 4.78 is 7.68. The van der Waals surface area contributed by atoms with Crippen molar-refractivity contribution in [2.75, 3.05) is 57.4 Å². The number of carbonyl (C=O) groups excluding carboxylic acids is 1. The number of fused-ring (bicyclic) bond motifs is 1. The number of piperazine rings is 1. The minimum absolute atomic E-state index is 0.000544. The number of carbonyl (C=O) groups is 1. The molecule has 1 atom stereocenters. The normalized spacial score (nSPS) is 23.1. The Morgan fingerprint density at radius 3 is 2.79 bits per heavy atom. The molecular formula is C23H27N5O4S2. The number of aromatic nitrogens is 2. The summed E-state index contributed by atoms with van der Waals surface area (Å²) in [6.07, 6.45) is 5.25. The van der Waals surface area contributed by atoms with Crippen molar-refractivity contribution < 1.29 is 14.6 Å². The third-order valence-electron chi connectivity index (χ3n) is 6.40. The minimum Gasteiger partial charge on any atom is -0.395 e. The maximum Gasteiger partial charge on any atom is 0.267 e. The molecule has 0 radical (unpaired) electrons. The Morgan fingerprint density at radius 2 is 2.06 bits per heavy atom. The Morgan fingerprint density at radius 1 is 1.24 bits per heavy atom. The van der Waals surface area contributed by atoms with Crippen molar-refractivity contribution in [1.29, 1.82) is 0 Å². The number of rotatable bonds is 6. The van der Waals surface area contributed by atoms with Crippen molar-refractivity contribution >= 4 is 51.7 Å². The van der Waals surface area contributed by atoms with Crippen molar-refractivity contribution in [3.8, 4) is 0 Å². The van der Waals surface area contributed by atoms with Crippen LogP contribution in [0.3, 0.4) is 0 Å². The molecule has 9 nitrogen and oxygen atoms in total. The molecule has 180 valence electrons. The summed E-state index contributed by atoms with van der Waals surface area (Å²) >= 11 is 6.71. The number of aliphatic hydroxyl groups is 1. The number of aliphatic hydroxyl groups excluding tert-OH is 1. The van der Waals surface area contributed by atoms with Gasteiger partial charge in [0.25, 0.3) is 11.5 Å². The minimum atomic E-state index is -0.220. The van der Waals surface area contributed by atoms with Crippen LogP contribution >= 0.6 is 24.0 Å². The third kappa shape index (κ3) is 4.63. The van der Waals surface area contributed by atoms with Crippen molar-refractivity contribution in [3.05, 3.63) is 45.2 Å². The lowest BCUT2D eigenvalue weighted by Gasteiger charge is -2.35. The van der Waals surface area contributed by atoms with Crippen molar-refractivity contribution in [1.82, 2.24) is 19.2 Å². The smallest absolute Gasteiger partial charge is 0.267 e. The average Bonchev–Trinajstić information content (AvgIpc) is 3.45. The fourth-order valence-electron chi connectivity index (χ4n) is 4.56. The van der Waals surface area contributed by atoms with Crippen LogP contribution in [0.1, 0.15) is 18.4 Å². The maximum absolute atomic E-state index is 13.5. The summed E-state index contributed by atoms with van der Waals surface area (Å²) in [5, 5.41) is 9.24. The number of hydrogen-bond donors (Lipinski definition) is 1. The second kappa shape index (κ2) is 10.1.